The van der Waals surface area contributed by atoms with E-state index in [2.05, 4.69) is 25.4 Å². The molecule has 156 valence electrons. The first-order valence-electron chi connectivity index (χ1n) is 8.78. The van der Waals surface area contributed by atoms with E-state index in [9.17, 15) is 18.0 Å². The zero-order valence-corrected chi connectivity index (χ0v) is 16.3. The summed E-state index contributed by atoms with van der Waals surface area (Å²) in [5, 5.41) is 6.66. The van der Waals surface area contributed by atoms with E-state index in [1.165, 1.54) is 53.7 Å². The number of hydrogen-bond donors (Lipinski definition) is 1. The topological polar surface area (TPSA) is 85.6 Å². The summed E-state index contributed by atoms with van der Waals surface area (Å²) >= 11 is 5.80. The Balaban J connectivity index is 1.80. The zero-order chi connectivity index (χ0) is 22.0. The van der Waals surface area contributed by atoms with E-state index >= 15 is 0 Å². The molecule has 0 bridgehead atoms. The fourth-order valence-electron chi connectivity index (χ4n) is 2.76. The molecule has 0 amide bonds. The van der Waals surface area contributed by atoms with Gasteiger partial charge < -0.3 is 5.32 Å². The molecule has 0 unspecified atom stereocenters. The molecule has 4 aromatic rings. The minimum Gasteiger partial charge on any atom is -0.324 e. The third-order valence-corrected chi connectivity index (χ3v) is 4.49. The summed E-state index contributed by atoms with van der Waals surface area (Å²) in [4.78, 5) is 23.7. The first kappa shape index (κ1) is 20.5. The van der Waals surface area contributed by atoms with Crippen LogP contribution in [-0.4, -0.2) is 31.0 Å². The second-order valence-electron chi connectivity index (χ2n) is 6.30. The fraction of sp³-hybridized carbons (Fsp3) is 0.0500. The summed E-state index contributed by atoms with van der Waals surface area (Å²) in [7, 11) is 0. The van der Waals surface area contributed by atoms with E-state index in [1.54, 1.807) is 6.07 Å². The minimum absolute atomic E-state index is 0.0905. The molecule has 7 nitrogen and oxygen atoms in total. The van der Waals surface area contributed by atoms with Crippen molar-refractivity contribution in [3.8, 4) is 16.9 Å². The molecule has 1 N–H and O–H groups in total. The van der Waals surface area contributed by atoms with Gasteiger partial charge in [-0.3, -0.25) is 9.78 Å². The van der Waals surface area contributed by atoms with Gasteiger partial charge in [-0.15, -0.1) is 0 Å². The Morgan fingerprint density at radius 3 is 2.68 bits per heavy atom. The molecule has 0 aliphatic rings. The average Bonchev–Trinajstić information content (AvgIpc) is 3.27. The van der Waals surface area contributed by atoms with Crippen LogP contribution in [0.4, 0.5) is 24.8 Å². The monoisotopic (exact) mass is 444 g/mol. The number of nitrogens with one attached hydrogen (secondary N) is 1. The van der Waals surface area contributed by atoms with Gasteiger partial charge in [-0.05, 0) is 30.3 Å². The number of carbonyl (C=O) groups is 1. The molecule has 4 rings (SSSR count). The maximum Gasteiger partial charge on any atom is 0.282 e. The van der Waals surface area contributed by atoms with Gasteiger partial charge in [0.1, 0.15) is 11.5 Å². The summed E-state index contributed by atoms with van der Waals surface area (Å²) in [6, 6.07) is 6.71. The maximum atomic E-state index is 13.4. The van der Waals surface area contributed by atoms with Gasteiger partial charge in [-0.2, -0.15) is 10.1 Å². The number of aromatic nitrogens is 5. The SMILES string of the molecule is O=Cc1cncc(-c2cnc(Nc3ccc(F)c(Cl)c3)nc2-n2ccc(C(F)F)n2)c1. The van der Waals surface area contributed by atoms with Crippen molar-refractivity contribution in [3.63, 3.8) is 0 Å². The van der Waals surface area contributed by atoms with Crippen LogP contribution in [0.3, 0.4) is 0 Å². The highest BCUT2D eigenvalue weighted by molar-refractivity contribution is 6.31. The molecule has 11 heteroatoms. The van der Waals surface area contributed by atoms with Crippen molar-refractivity contribution in [2.45, 2.75) is 6.43 Å². The number of rotatable bonds is 6. The fourth-order valence-corrected chi connectivity index (χ4v) is 2.94. The number of nitrogens with zero attached hydrogens (tertiary/aromatic N) is 5. The first-order chi connectivity index (χ1) is 14.9. The molecular formula is C20H12ClF3N6O. The van der Waals surface area contributed by atoms with Gasteiger partial charge in [0.15, 0.2) is 12.1 Å². The van der Waals surface area contributed by atoms with Gasteiger partial charge in [0.05, 0.1) is 5.02 Å². The van der Waals surface area contributed by atoms with Crippen LogP contribution in [-0.2, 0) is 0 Å². The zero-order valence-electron chi connectivity index (χ0n) is 15.5. The molecule has 0 fully saturated rings. The first-order valence-corrected chi connectivity index (χ1v) is 9.16. The lowest BCUT2D eigenvalue weighted by Crippen LogP contribution is -2.07. The molecule has 3 heterocycles. The largest absolute Gasteiger partial charge is 0.324 e. The quantitative estimate of drug-likeness (QED) is 0.421. The smallest absolute Gasteiger partial charge is 0.282 e. The number of benzene rings is 1. The Morgan fingerprint density at radius 1 is 1.13 bits per heavy atom. The lowest BCUT2D eigenvalue weighted by molar-refractivity contribution is 0.112. The Bertz CT molecular complexity index is 1260. The number of alkyl halides is 2. The number of anilines is 2. The molecule has 0 saturated heterocycles. The van der Waals surface area contributed by atoms with Gasteiger partial charge >= 0.3 is 0 Å². The molecule has 1 aromatic carbocycles. The van der Waals surface area contributed by atoms with Crippen LogP contribution >= 0.6 is 11.6 Å². The van der Waals surface area contributed by atoms with E-state index in [-0.39, 0.29) is 16.8 Å². The highest BCUT2D eigenvalue weighted by Gasteiger charge is 2.17. The third-order valence-electron chi connectivity index (χ3n) is 4.20. The molecule has 0 aliphatic heterocycles. The van der Waals surface area contributed by atoms with Crippen molar-refractivity contribution in [3.05, 3.63) is 77.2 Å². The second-order valence-corrected chi connectivity index (χ2v) is 6.70. The standard InChI is InChI=1S/C20H12ClF3N6O/c21-15-6-13(1-2-16(15)22)27-20-26-9-14(12-5-11(10-31)7-25-8-12)19(28-20)30-4-3-17(29-30)18(23)24/h1-10,18H,(H,26,27,28). The van der Waals surface area contributed by atoms with Gasteiger partial charge in [-0.1, -0.05) is 11.6 Å². The summed E-state index contributed by atoms with van der Waals surface area (Å²) in [6.45, 7) is 0. The molecule has 31 heavy (non-hydrogen) atoms. The molecule has 0 aliphatic carbocycles. The molecule has 0 radical (unpaired) electrons. The van der Waals surface area contributed by atoms with Crippen molar-refractivity contribution in [2.75, 3.05) is 5.32 Å². The second kappa shape index (κ2) is 8.52. The lowest BCUT2D eigenvalue weighted by atomic mass is 10.1. The third kappa shape index (κ3) is 4.38. The van der Waals surface area contributed by atoms with Gasteiger partial charge in [0, 0.05) is 47.2 Å². The maximum absolute atomic E-state index is 13.4. The normalized spacial score (nSPS) is 11.0. The van der Waals surface area contributed by atoms with Crippen molar-refractivity contribution >= 4 is 29.5 Å². The van der Waals surface area contributed by atoms with Crippen LogP contribution < -0.4 is 5.32 Å². The van der Waals surface area contributed by atoms with Crippen LogP contribution in [0.15, 0.2) is 55.1 Å². The number of pyridine rings is 1. The number of carbonyl (C=O) groups excluding carboxylic acids is 1. The van der Waals surface area contributed by atoms with Crippen molar-refractivity contribution in [2.24, 2.45) is 0 Å². The highest BCUT2D eigenvalue weighted by atomic mass is 35.5. The predicted molar refractivity (Wildman–Crippen MR) is 107 cm³/mol. The summed E-state index contributed by atoms with van der Waals surface area (Å²) in [5.41, 5.74) is 1.21. The van der Waals surface area contributed by atoms with E-state index in [0.717, 1.165) is 0 Å². The van der Waals surface area contributed by atoms with Crippen LogP contribution in [0, 0.1) is 5.82 Å². The van der Waals surface area contributed by atoms with Gasteiger partial charge in [0.2, 0.25) is 5.95 Å². The summed E-state index contributed by atoms with van der Waals surface area (Å²) in [5.74, 6) is -0.319. The van der Waals surface area contributed by atoms with Gasteiger partial charge in [-0.25, -0.2) is 22.8 Å². The van der Waals surface area contributed by atoms with Crippen molar-refractivity contribution < 1.29 is 18.0 Å². The van der Waals surface area contributed by atoms with E-state index in [1.807, 2.05) is 0 Å². The highest BCUT2D eigenvalue weighted by Crippen LogP contribution is 2.28. The number of aldehydes is 1. The Labute approximate surface area is 178 Å². The Morgan fingerprint density at radius 2 is 1.97 bits per heavy atom. The van der Waals surface area contributed by atoms with E-state index in [0.29, 0.717) is 28.7 Å². The van der Waals surface area contributed by atoms with Crippen molar-refractivity contribution in [1.82, 2.24) is 24.7 Å². The molecule has 0 atom stereocenters. The van der Waals surface area contributed by atoms with E-state index in [4.69, 9.17) is 11.6 Å². The van der Waals surface area contributed by atoms with Gasteiger partial charge in [0.25, 0.3) is 6.43 Å². The summed E-state index contributed by atoms with van der Waals surface area (Å²) < 4.78 is 40.7. The van der Waals surface area contributed by atoms with Crippen LogP contribution in [0.25, 0.3) is 16.9 Å². The Kier molecular flexibility index (Phi) is 5.63. The lowest BCUT2D eigenvalue weighted by Gasteiger charge is -2.12. The number of hydrogen-bond acceptors (Lipinski definition) is 6. The molecule has 3 aromatic heterocycles. The summed E-state index contributed by atoms with van der Waals surface area (Å²) in [6.07, 6.45) is 3.51. The predicted octanol–water partition coefficient (Wildman–Crippen LogP) is 5.01. The number of halogens is 4. The molecule has 0 spiro atoms. The van der Waals surface area contributed by atoms with Crippen LogP contribution in [0.2, 0.25) is 5.02 Å². The molecular weight excluding hydrogens is 433 g/mol. The van der Waals surface area contributed by atoms with Crippen LogP contribution in [0.5, 0.6) is 0 Å². The molecule has 0 saturated carbocycles. The minimum atomic E-state index is -2.76. The van der Waals surface area contributed by atoms with E-state index < -0.39 is 17.9 Å². The average molecular weight is 445 g/mol. The van der Waals surface area contributed by atoms with Crippen molar-refractivity contribution in [1.29, 1.82) is 0 Å². The van der Waals surface area contributed by atoms with Crippen LogP contribution in [0.1, 0.15) is 22.5 Å². The Hall–Kier alpha value is -3.79.